The Balaban J connectivity index is 3.04. The fourth-order valence-electron chi connectivity index (χ4n) is 1.61. The van der Waals surface area contributed by atoms with Gasteiger partial charge in [-0.05, 0) is 12.1 Å². The molecule has 0 heterocycles. The summed E-state index contributed by atoms with van der Waals surface area (Å²) in [6, 6.07) is 9.60. The van der Waals surface area contributed by atoms with Crippen LogP contribution in [0.15, 0.2) is 43.0 Å². The largest absolute Gasteiger partial charge is 0.357 e. The molecule has 0 saturated heterocycles. The maximum atomic E-state index is 12.3. The number of nitrogens with zero attached hydrogens (tertiary/aromatic N) is 1. The van der Waals surface area contributed by atoms with Gasteiger partial charge in [0.25, 0.3) is 0 Å². The highest BCUT2D eigenvalue weighted by Gasteiger charge is 2.35. The van der Waals surface area contributed by atoms with E-state index >= 15 is 0 Å². The van der Waals surface area contributed by atoms with Crippen LogP contribution in [-0.4, -0.2) is 27.1 Å². The lowest BCUT2D eigenvalue weighted by Gasteiger charge is -2.31. The summed E-state index contributed by atoms with van der Waals surface area (Å²) in [6.07, 6.45) is 1.57. The molecule has 0 fully saturated rings. The van der Waals surface area contributed by atoms with Gasteiger partial charge in [-0.3, -0.25) is 4.57 Å². The first-order chi connectivity index (χ1) is 8.09. The number of likely N-dealkylation sites (N-methyl/N-ethyl adjacent to an activating group) is 1. The third kappa shape index (κ3) is 2.97. The molecule has 0 bridgehead atoms. The van der Waals surface area contributed by atoms with Crippen LogP contribution in [0.5, 0.6) is 0 Å². The molecular formula is C12H18NO3P. The fraction of sp³-hybridized carbons (Fsp3) is 0.333. The van der Waals surface area contributed by atoms with Crippen LogP contribution in [0.4, 0.5) is 5.69 Å². The zero-order valence-electron chi connectivity index (χ0n) is 10.4. The van der Waals surface area contributed by atoms with E-state index in [2.05, 4.69) is 6.58 Å². The van der Waals surface area contributed by atoms with Crippen LogP contribution in [-0.2, 0) is 13.6 Å². The summed E-state index contributed by atoms with van der Waals surface area (Å²) in [5.41, 5.74) is 0.923. The summed E-state index contributed by atoms with van der Waals surface area (Å²) < 4.78 is 22.3. The fourth-order valence-corrected chi connectivity index (χ4v) is 3.00. The summed E-state index contributed by atoms with van der Waals surface area (Å²) >= 11 is 0. The van der Waals surface area contributed by atoms with Crippen LogP contribution >= 0.6 is 7.60 Å². The van der Waals surface area contributed by atoms with E-state index in [1.807, 2.05) is 42.3 Å². The van der Waals surface area contributed by atoms with Gasteiger partial charge in [0.15, 0.2) is 0 Å². The summed E-state index contributed by atoms with van der Waals surface area (Å²) in [5, 5.41) is 0. The summed E-state index contributed by atoms with van der Waals surface area (Å²) in [4.78, 5) is 1.82. The van der Waals surface area contributed by atoms with Gasteiger partial charge in [0.1, 0.15) is 5.78 Å². The van der Waals surface area contributed by atoms with Crippen molar-refractivity contribution in [3.63, 3.8) is 0 Å². The van der Waals surface area contributed by atoms with Gasteiger partial charge in [-0.25, -0.2) is 0 Å². The number of hydrogen-bond acceptors (Lipinski definition) is 4. The highest BCUT2D eigenvalue weighted by molar-refractivity contribution is 7.55. The van der Waals surface area contributed by atoms with Crippen molar-refractivity contribution in [3.8, 4) is 0 Å². The highest BCUT2D eigenvalue weighted by Crippen LogP contribution is 2.53. The van der Waals surface area contributed by atoms with E-state index in [0.717, 1.165) is 5.69 Å². The quantitative estimate of drug-likeness (QED) is 0.578. The molecule has 1 unspecified atom stereocenters. The normalized spacial score (nSPS) is 13.1. The molecule has 0 saturated carbocycles. The van der Waals surface area contributed by atoms with Crippen molar-refractivity contribution >= 4 is 13.3 Å². The first-order valence-corrected chi connectivity index (χ1v) is 6.82. The lowest BCUT2D eigenvalue weighted by atomic mass is 10.3. The third-order valence-electron chi connectivity index (χ3n) is 2.60. The first kappa shape index (κ1) is 14.0. The highest BCUT2D eigenvalue weighted by atomic mass is 31.2. The van der Waals surface area contributed by atoms with Crippen LogP contribution in [0.3, 0.4) is 0 Å². The van der Waals surface area contributed by atoms with Crippen LogP contribution in [0.25, 0.3) is 0 Å². The minimum Gasteiger partial charge on any atom is -0.357 e. The molecule has 0 amide bonds. The van der Waals surface area contributed by atoms with Crippen molar-refractivity contribution < 1.29 is 13.6 Å². The Kier molecular flexibility index (Phi) is 4.94. The van der Waals surface area contributed by atoms with Crippen LogP contribution < -0.4 is 4.90 Å². The number of anilines is 1. The minimum absolute atomic E-state index is 0.514. The monoisotopic (exact) mass is 255 g/mol. The average Bonchev–Trinajstić information content (AvgIpc) is 2.40. The predicted molar refractivity (Wildman–Crippen MR) is 70.5 cm³/mol. The Morgan fingerprint density at radius 3 is 2.24 bits per heavy atom. The molecule has 0 aliphatic rings. The molecule has 0 aliphatic heterocycles. The number of para-hydroxylation sites is 1. The van der Waals surface area contributed by atoms with Gasteiger partial charge in [0.2, 0.25) is 0 Å². The topological polar surface area (TPSA) is 38.8 Å². The van der Waals surface area contributed by atoms with Crippen molar-refractivity contribution in [2.75, 3.05) is 26.2 Å². The van der Waals surface area contributed by atoms with Gasteiger partial charge in [0, 0.05) is 27.0 Å². The summed E-state index contributed by atoms with van der Waals surface area (Å²) in [6.45, 7) is 3.70. The predicted octanol–water partition coefficient (Wildman–Crippen LogP) is 3.12. The van der Waals surface area contributed by atoms with Gasteiger partial charge in [-0.2, -0.15) is 0 Å². The van der Waals surface area contributed by atoms with Crippen molar-refractivity contribution in [2.24, 2.45) is 0 Å². The Bertz CT molecular complexity index is 399. The van der Waals surface area contributed by atoms with Crippen molar-refractivity contribution in [1.29, 1.82) is 0 Å². The maximum absolute atomic E-state index is 12.3. The molecule has 1 atom stereocenters. The minimum atomic E-state index is -3.21. The Morgan fingerprint density at radius 2 is 1.82 bits per heavy atom. The third-order valence-corrected chi connectivity index (χ3v) is 4.83. The molecular weight excluding hydrogens is 237 g/mol. The number of benzene rings is 1. The van der Waals surface area contributed by atoms with Gasteiger partial charge in [0.05, 0.1) is 0 Å². The second kappa shape index (κ2) is 6.01. The van der Waals surface area contributed by atoms with Crippen LogP contribution in [0.2, 0.25) is 0 Å². The molecule has 0 aromatic heterocycles. The molecule has 17 heavy (non-hydrogen) atoms. The number of rotatable bonds is 6. The van der Waals surface area contributed by atoms with Gasteiger partial charge >= 0.3 is 7.60 Å². The van der Waals surface area contributed by atoms with E-state index in [-0.39, 0.29) is 0 Å². The average molecular weight is 255 g/mol. The molecule has 5 heteroatoms. The summed E-state index contributed by atoms with van der Waals surface area (Å²) in [5.74, 6) is -0.514. The molecule has 0 N–H and O–H groups in total. The van der Waals surface area contributed by atoms with E-state index < -0.39 is 13.4 Å². The SMILES string of the molecule is C=CC(N(C)c1ccccc1)P(=O)(OC)OC. The molecule has 0 radical (unpaired) electrons. The zero-order chi connectivity index (χ0) is 12.9. The van der Waals surface area contributed by atoms with Crippen molar-refractivity contribution in [3.05, 3.63) is 43.0 Å². The van der Waals surface area contributed by atoms with E-state index in [9.17, 15) is 4.57 Å². The Hall–Kier alpha value is -1.09. The molecule has 4 nitrogen and oxygen atoms in total. The second-order valence-electron chi connectivity index (χ2n) is 3.50. The van der Waals surface area contributed by atoms with Gasteiger partial charge in [-0.15, -0.1) is 6.58 Å². The first-order valence-electron chi connectivity index (χ1n) is 5.20. The molecule has 0 spiro atoms. The lowest BCUT2D eigenvalue weighted by Crippen LogP contribution is -2.30. The Morgan fingerprint density at radius 1 is 1.29 bits per heavy atom. The zero-order valence-corrected chi connectivity index (χ0v) is 11.3. The number of hydrogen-bond donors (Lipinski definition) is 0. The van der Waals surface area contributed by atoms with Crippen LogP contribution in [0, 0.1) is 0 Å². The van der Waals surface area contributed by atoms with Crippen molar-refractivity contribution in [2.45, 2.75) is 5.78 Å². The molecule has 1 aromatic rings. The molecule has 94 valence electrons. The van der Waals surface area contributed by atoms with E-state index in [1.165, 1.54) is 14.2 Å². The van der Waals surface area contributed by atoms with Gasteiger partial charge in [-0.1, -0.05) is 24.3 Å². The lowest BCUT2D eigenvalue weighted by molar-refractivity contribution is 0.270. The molecule has 0 aliphatic carbocycles. The Labute approximate surface area is 102 Å². The van der Waals surface area contributed by atoms with E-state index in [4.69, 9.17) is 9.05 Å². The summed E-state index contributed by atoms with van der Waals surface area (Å²) in [7, 11) is 1.37. The molecule has 1 aromatic carbocycles. The van der Waals surface area contributed by atoms with Crippen molar-refractivity contribution in [1.82, 2.24) is 0 Å². The smallest absolute Gasteiger partial charge is 0.356 e. The van der Waals surface area contributed by atoms with E-state index in [0.29, 0.717) is 0 Å². The second-order valence-corrected chi connectivity index (χ2v) is 5.84. The maximum Gasteiger partial charge on any atom is 0.356 e. The van der Waals surface area contributed by atoms with E-state index in [1.54, 1.807) is 6.08 Å². The van der Waals surface area contributed by atoms with Gasteiger partial charge < -0.3 is 13.9 Å². The standard InChI is InChI=1S/C12H18NO3P/c1-5-12(17(14,15-3)16-4)13(2)11-9-7-6-8-10-11/h5-10,12H,1H2,2-4H3. The molecule has 1 rings (SSSR count). The van der Waals surface area contributed by atoms with Crippen LogP contribution in [0.1, 0.15) is 0 Å².